The SMILES string of the molecule is C1=C(CCN2CCN(c3cccc4ccc(OCC5CC5)cc34)CC2)c2ccccc2C1. The molecule has 6 rings (SSSR count). The molecule has 1 heterocycles. The molecule has 2 fully saturated rings. The minimum atomic E-state index is 0.780. The van der Waals surface area contributed by atoms with E-state index in [1.54, 1.807) is 0 Å². The summed E-state index contributed by atoms with van der Waals surface area (Å²) in [6.07, 6.45) is 7.35. The second-order valence-corrected chi connectivity index (χ2v) is 9.58. The van der Waals surface area contributed by atoms with E-state index in [1.165, 1.54) is 46.0 Å². The van der Waals surface area contributed by atoms with Gasteiger partial charge in [-0.25, -0.2) is 0 Å². The molecule has 0 aromatic heterocycles. The monoisotopic (exact) mass is 424 g/mol. The maximum Gasteiger partial charge on any atom is 0.120 e. The molecular formula is C29H32N2O. The molecule has 3 nitrogen and oxygen atoms in total. The summed E-state index contributed by atoms with van der Waals surface area (Å²) in [6, 6.07) is 22.2. The summed E-state index contributed by atoms with van der Waals surface area (Å²) in [4.78, 5) is 5.20. The van der Waals surface area contributed by atoms with Crippen LogP contribution in [0, 0.1) is 5.92 Å². The Balaban J connectivity index is 1.09. The van der Waals surface area contributed by atoms with Crippen LogP contribution in [-0.2, 0) is 6.42 Å². The Kier molecular flexibility index (Phi) is 5.36. The molecule has 3 aromatic rings. The number of benzene rings is 3. The van der Waals surface area contributed by atoms with Crippen LogP contribution in [0.3, 0.4) is 0 Å². The zero-order valence-electron chi connectivity index (χ0n) is 18.8. The lowest BCUT2D eigenvalue weighted by Gasteiger charge is -2.36. The van der Waals surface area contributed by atoms with Gasteiger partial charge in [0.2, 0.25) is 0 Å². The predicted octanol–water partition coefficient (Wildman–Crippen LogP) is 5.78. The zero-order chi connectivity index (χ0) is 21.3. The van der Waals surface area contributed by atoms with Gasteiger partial charge >= 0.3 is 0 Å². The molecule has 3 heteroatoms. The Labute approximate surface area is 191 Å². The number of rotatable bonds is 7. The molecule has 1 saturated heterocycles. The third-order valence-electron chi connectivity index (χ3n) is 7.36. The van der Waals surface area contributed by atoms with Crippen molar-refractivity contribution in [1.29, 1.82) is 0 Å². The van der Waals surface area contributed by atoms with E-state index in [2.05, 4.69) is 76.5 Å². The van der Waals surface area contributed by atoms with Crippen molar-refractivity contribution in [2.45, 2.75) is 25.7 Å². The molecule has 32 heavy (non-hydrogen) atoms. The van der Waals surface area contributed by atoms with Crippen LogP contribution < -0.4 is 9.64 Å². The fraction of sp³-hybridized carbons (Fsp3) is 0.379. The van der Waals surface area contributed by atoms with E-state index in [0.29, 0.717) is 0 Å². The molecule has 0 radical (unpaired) electrons. The second kappa shape index (κ2) is 8.63. The molecule has 3 aliphatic rings. The smallest absolute Gasteiger partial charge is 0.120 e. The molecule has 1 saturated carbocycles. The fourth-order valence-corrected chi connectivity index (χ4v) is 5.18. The molecule has 0 spiro atoms. The van der Waals surface area contributed by atoms with Crippen molar-refractivity contribution in [2.24, 2.45) is 5.92 Å². The summed E-state index contributed by atoms with van der Waals surface area (Å²) in [5.41, 5.74) is 5.85. The summed E-state index contributed by atoms with van der Waals surface area (Å²) in [5, 5.41) is 2.62. The van der Waals surface area contributed by atoms with Gasteiger partial charge in [0.1, 0.15) is 5.75 Å². The Morgan fingerprint density at radius 3 is 2.62 bits per heavy atom. The Morgan fingerprint density at radius 1 is 0.875 bits per heavy atom. The van der Waals surface area contributed by atoms with Gasteiger partial charge in [0.05, 0.1) is 6.61 Å². The van der Waals surface area contributed by atoms with E-state index >= 15 is 0 Å². The summed E-state index contributed by atoms with van der Waals surface area (Å²) < 4.78 is 6.07. The van der Waals surface area contributed by atoms with Gasteiger partial charge < -0.3 is 9.64 Å². The minimum Gasteiger partial charge on any atom is -0.493 e. The van der Waals surface area contributed by atoms with Crippen LogP contribution in [0.25, 0.3) is 16.3 Å². The summed E-state index contributed by atoms with van der Waals surface area (Å²) in [6.45, 7) is 6.45. The lowest BCUT2D eigenvalue weighted by Crippen LogP contribution is -2.46. The predicted molar refractivity (Wildman–Crippen MR) is 134 cm³/mol. The van der Waals surface area contributed by atoms with Gasteiger partial charge in [-0.05, 0) is 71.9 Å². The molecule has 0 amide bonds. The van der Waals surface area contributed by atoms with E-state index < -0.39 is 0 Å². The topological polar surface area (TPSA) is 15.7 Å². The molecule has 0 N–H and O–H groups in total. The maximum atomic E-state index is 6.07. The average molecular weight is 425 g/mol. The number of nitrogens with zero attached hydrogens (tertiary/aromatic N) is 2. The highest BCUT2D eigenvalue weighted by molar-refractivity contribution is 5.95. The standard InChI is InChI=1S/C29H32N2O/c1-2-6-27-23(4-1)10-11-25(27)14-15-30-16-18-31(19-17-30)29-7-3-5-24-12-13-26(20-28(24)29)32-21-22-8-9-22/h1-7,11-13,20,22H,8-10,14-19,21H2. The van der Waals surface area contributed by atoms with E-state index in [1.807, 2.05) is 0 Å². The molecule has 3 aromatic carbocycles. The summed E-state index contributed by atoms with van der Waals surface area (Å²) in [7, 11) is 0. The van der Waals surface area contributed by atoms with Crippen LogP contribution in [0.1, 0.15) is 30.4 Å². The Hall–Kier alpha value is -2.78. The first kappa shape index (κ1) is 19.9. The number of allylic oxidation sites excluding steroid dienone is 1. The minimum absolute atomic E-state index is 0.780. The summed E-state index contributed by atoms with van der Waals surface area (Å²) >= 11 is 0. The van der Waals surface area contributed by atoms with Crippen molar-refractivity contribution >= 4 is 22.0 Å². The maximum absolute atomic E-state index is 6.07. The molecule has 0 unspecified atom stereocenters. The molecular weight excluding hydrogens is 392 g/mol. The first-order chi connectivity index (χ1) is 15.8. The van der Waals surface area contributed by atoms with Crippen LogP contribution >= 0.6 is 0 Å². The van der Waals surface area contributed by atoms with E-state index in [4.69, 9.17) is 4.74 Å². The lowest BCUT2D eigenvalue weighted by atomic mass is 10.0. The molecule has 164 valence electrons. The van der Waals surface area contributed by atoms with E-state index in [9.17, 15) is 0 Å². The first-order valence-electron chi connectivity index (χ1n) is 12.2. The second-order valence-electron chi connectivity index (χ2n) is 9.58. The van der Waals surface area contributed by atoms with Crippen LogP contribution in [0.4, 0.5) is 5.69 Å². The zero-order valence-corrected chi connectivity index (χ0v) is 18.8. The Bertz CT molecular complexity index is 1140. The summed E-state index contributed by atoms with van der Waals surface area (Å²) in [5.74, 6) is 1.79. The van der Waals surface area contributed by atoms with Gasteiger partial charge in [-0.15, -0.1) is 0 Å². The van der Waals surface area contributed by atoms with Crippen molar-refractivity contribution in [3.8, 4) is 5.75 Å². The lowest BCUT2D eigenvalue weighted by molar-refractivity contribution is 0.264. The highest BCUT2D eigenvalue weighted by atomic mass is 16.5. The molecule has 0 atom stereocenters. The van der Waals surface area contributed by atoms with Crippen LogP contribution in [0.15, 0.2) is 66.7 Å². The quantitative estimate of drug-likeness (QED) is 0.478. The number of anilines is 1. The van der Waals surface area contributed by atoms with Crippen LogP contribution in [0.2, 0.25) is 0 Å². The normalized spacial score (nSPS) is 18.6. The van der Waals surface area contributed by atoms with Gasteiger partial charge in [-0.3, -0.25) is 4.90 Å². The van der Waals surface area contributed by atoms with Crippen molar-refractivity contribution in [1.82, 2.24) is 4.90 Å². The number of hydrogen-bond acceptors (Lipinski definition) is 3. The number of ether oxygens (including phenoxy) is 1. The molecule has 1 aliphatic heterocycles. The van der Waals surface area contributed by atoms with Crippen LogP contribution in [-0.4, -0.2) is 44.2 Å². The molecule has 0 bridgehead atoms. The van der Waals surface area contributed by atoms with Gasteiger partial charge in [-0.2, -0.15) is 0 Å². The Morgan fingerprint density at radius 2 is 1.75 bits per heavy atom. The van der Waals surface area contributed by atoms with Crippen molar-refractivity contribution in [3.05, 3.63) is 77.9 Å². The number of piperazine rings is 1. The van der Waals surface area contributed by atoms with Gasteiger partial charge in [-0.1, -0.05) is 48.5 Å². The molecule has 2 aliphatic carbocycles. The van der Waals surface area contributed by atoms with Gasteiger partial charge in [0.15, 0.2) is 0 Å². The van der Waals surface area contributed by atoms with E-state index in [0.717, 1.165) is 63.8 Å². The number of fused-ring (bicyclic) bond motifs is 2. The van der Waals surface area contributed by atoms with Gasteiger partial charge in [0.25, 0.3) is 0 Å². The van der Waals surface area contributed by atoms with Crippen LogP contribution in [0.5, 0.6) is 5.75 Å². The van der Waals surface area contributed by atoms with E-state index in [-0.39, 0.29) is 0 Å². The third-order valence-corrected chi connectivity index (χ3v) is 7.36. The average Bonchev–Trinajstić information content (AvgIpc) is 3.59. The highest BCUT2D eigenvalue weighted by Gasteiger charge is 2.23. The third kappa shape index (κ3) is 4.14. The highest BCUT2D eigenvalue weighted by Crippen LogP contribution is 2.34. The van der Waals surface area contributed by atoms with Crippen molar-refractivity contribution in [2.75, 3.05) is 44.2 Å². The van der Waals surface area contributed by atoms with Gasteiger partial charge in [0, 0.05) is 43.8 Å². The fourth-order valence-electron chi connectivity index (χ4n) is 5.18. The van der Waals surface area contributed by atoms with Crippen molar-refractivity contribution < 1.29 is 4.74 Å². The number of hydrogen-bond donors (Lipinski definition) is 0. The first-order valence-corrected chi connectivity index (χ1v) is 12.2. The van der Waals surface area contributed by atoms with Crippen molar-refractivity contribution in [3.63, 3.8) is 0 Å². The largest absolute Gasteiger partial charge is 0.493 e.